The van der Waals surface area contributed by atoms with E-state index in [9.17, 15) is 0 Å². The minimum absolute atomic E-state index is 0.622. The lowest BCUT2D eigenvalue weighted by Gasteiger charge is -2.35. The number of hydrogen-bond acceptors (Lipinski definition) is 6. The Balaban J connectivity index is 1.44. The van der Waals surface area contributed by atoms with Crippen molar-refractivity contribution in [1.82, 2.24) is 29.7 Å². The molecule has 3 aromatic rings. The Morgan fingerprint density at radius 2 is 1.56 bits per heavy atom. The fourth-order valence-electron chi connectivity index (χ4n) is 3.49. The van der Waals surface area contributed by atoms with Crippen molar-refractivity contribution in [1.29, 1.82) is 0 Å². The van der Waals surface area contributed by atoms with E-state index in [0.717, 1.165) is 31.9 Å². The molecule has 0 bridgehead atoms. The number of aryl methyl sites for hydroxylation is 2. The number of anilines is 1. The molecule has 27 heavy (non-hydrogen) atoms. The number of nitrogens with zero attached hydrogens (tertiary/aromatic N) is 7. The monoisotopic (exact) mass is 381 g/mol. The summed E-state index contributed by atoms with van der Waals surface area (Å²) in [6, 6.07) is 10.4. The Kier molecular flexibility index (Phi) is 5.00. The zero-order chi connectivity index (χ0) is 18.8. The predicted molar refractivity (Wildman–Crippen MR) is 108 cm³/mol. The predicted octanol–water partition coefficient (Wildman–Crippen LogP) is 2.59. The molecule has 1 saturated heterocycles. The number of hydrogen-bond donors (Lipinski definition) is 0. The van der Waals surface area contributed by atoms with Crippen molar-refractivity contribution in [2.45, 2.75) is 20.5 Å². The van der Waals surface area contributed by atoms with Gasteiger partial charge >= 0.3 is 0 Å². The van der Waals surface area contributed by atoms with Gasteiger partial charge in [0.2, 0.25) is 4.77 Å². The van der Waals surface area contributed by atoms with E-state index in [1.807, 2.05) is 12.4 Å². The van der Waals surface area contributed by atoms with Crippen molar-refractivity contribution < 1.29 is 0 Å². The highest BCUT2D eigenvalue weighted by molar-refractivity contribution is 7.71. The summed E-state index contributed by atoms with van der Waals surface area (Å²) in [6.07, 6.45) is 3.68. The van der Waals surface area contributed by atoms with Crippen LogP contribution in [0.5, 0.6) is 0 Å². The first-order chi connectivity index (χ1) is 13.1. The number of benzene rings is 1. The Bertz CT molecular complexity index is 951. The molecule has 140 valence electrons. The summed E-state index contributed by atoms with van der Waals surface area (Å²) in [5.74, 6) is 0. The molecule has 0 unspecified atom stereocenters. The molecular weight excluding hydrogens is 358 g/mol. The largest absolute Gasteiger partial charge is 0.369 e. The summed E-state index contributed by atoms with van der Waals surface area (Å²) >= 11 is 5.62. The Morgan fingerprint density at radius 1 is 0.889 bits per heavy atom. The third-order valence-corrected chi connectivity index (χ3v) is 5.21. The van der Waals surface area contributed by atoms with E-state index in [1.165, 1.54) is 16.8 Å². The smallest absolute Gasteiger partial charge is 0.221 e. The highest BCUT2D eigenvalue weighted by atomic mass is 32.1. The molecule has 0 radical (unpaired) electrons. The Labute approximate surface area is 163 Å². The van der Waals surface area contributed by atoms with E-state index in [0.29, 0.717) is 11.4 Å². The third kappa shape index (κ3) is 3.91. The highest BCUT2D eigenvalue weighted by Gasteiger charge is 2.18. The number of piperazine rings is 1. The van der Waals surface area contributed by atoms with Crippen LogP contribution in [0.2, 0.25) is 0 Å². The maximum absolute atomic E-state index is 5.62. The summed E-state index contributed by atoms with van der Waals surface area (Å²) in [4.78, 5) is 8.82. The molecule has 0 N–H and O–H groups in total. The molecule has 1 aromatic carbocycles. The second-order valence-electron chi connectivity index (χ2n) is 6.97. The van der Waals surface area contributed by atoms with Gasteiger partial charge in [-0.2, -0.15) is 4.68 Å². The van der Waals surface area contributed by atoms with Gasteiger partial charge in [-0.15, -0.1) is 0 Å². The van der Waals surface area contributed by atoms with Crippen molar-refractivity contribution >= 4 is 17.9 Å². The molecule has 0 aliphatic carbocycles. The fraction of sp³-hybridized carbons (Fsp3) is 0.368. The lowest BCUT2D eigenvalue weighted by atomic mass is 10.1. The maximum Gasteiger partial charge on any atom is 0.221 e. The molecule has 2 aromatic heterocycles. The zero-order valence-corrected chi connectivity index (χ0v) is 16.4. The van der Waals surface area contributed by atoms with Crippen LogP contribution >= 0.6 is 12.2 Å². The molecule has 0 amide bonds. The first kappa shape index (κ1) is 17.8. The first-order valence-electron chi connectivity index (χ1n) is 9.09. The molecular formula is C19H23N7S. The van der Waals surface area contributed by atoms with Gasteiger partial charge < -0.3 is 4.90 Å². The van der Waals surface area contributed by atoms with Gasteiger partial charge in [0.15, 0.2) is 0 Å². The molecule has 1 aliphatic rings. The van der Waals surface area contributed by atoms with E-state index in [2.05, 4.69) is 69.4 Å². The number of tetrazole rings is 1. The second-order valence-corrected chi connectivity index (χ2v) is 7.34. The van der Waals surface area contributed by atoms with Crippen LogP contribution in [0.25, 0.3) is 5.69 Å². The van der Waals surface area contributed by atoms with Crippen LogP contribution in [0.15, 0.2) is 42.7 Å². The van der Waals surface area contributed by atoms with E-state index >= 15 is 0 Å². The first-order valence-corrected chi connectivity index (χ1v) is 9.50. The van der Waals surface area contributed by atoms with Gasteiger partial charge in [-0.25, -0.2) is 4.68 Å². The third-order valence-electron chi connectivity index (χ3n) is 4.82. The minimum atomic E-state index is 0.622. The topological polar surface area (TPSA) is 55.0 Å². The van der Waals surface area contributed by atoms with Gasteiger partial charge in [-0.1, -0.05) is 6.07 Å². The standard InChI is InChI=1S/C19H23N7S/c1-15-11-16(2)13-18(12-15)26-19(27)25(21-22-26)14-23-7-9-24(10-8-23)17-3-5-20-6-4-17/h3-6,11-13H,7-10,14H2,1-2H3. The van der Waals surface area contributed by atoms with Crippen molar-refractivity contribution in [3.8, 4) is 5.69 Å². The molecule has 8 heteroatoms. The fourth-order valence-corrected chi connectivity index (χ4v) is 3.73. The van der Waals surface area contributed by atoms with Crippen molar-refractivity contribution in [2.75, 3.05) is 31.1 Å². The van der Waals surface area contributed by atoms with Crippen LogP contribution in [-0.2, 0) is 6.67 Å². The van der Waals surface area contributed by atoms with Crippen LogP contribution < -0.4 is 4.90 Å². The summed E-state index contributed by atoms with van der Waals surface area (Å²) in [7, 11) is 0. The van der Waals surface area contributed by atoms with E-state index < -0.39 is 0 Å². The number of aromatic nitrogens is 5. The van der Waals surface area contributed by atoms with Gasteiger partial charge in [0.1, 0.15) is 0 Å². The van der Waals surface area contributed by atoms with Gasteiger partial charge in [0.05, 0.1) is 12.4 Å². The van der Waals surface area contributed by atoms with Crippen LogP contribution in [0.1, 0.15) is 11.1 Å². The highest BCUT2D eigenvalue weighted by Crippen LogP contribution is 2.16. The molecule has 3 heterocycles. The molecule has 0 spiro atoms. The Morgan fingerprint density at radius 3 is 2.22 bits per heavy atom. The van der Waals surface area contributed by atoms with Crippen molar-refractivity contribution in [2.24, 2.45) is 0 Å². The van der Waals surface area contributed by atoms with Gasteiger partial charge in [-0.3, -0.25) is 9.88 Å². The molecule has 7 nitrogen and oxygen atoms in total. The maximum atomic E-state index is 5.62. The van der Waals surface area contributed by atoms with E-state index in [1.54, 1.807) is 9.36 Å². The molecule has 1 aliphatic heterocycles. The molecule has 0 atom stereocenters. The van der Waals surface area contributed by atoms with Gasteiger partial charge in [-0.05, 0) is 71.9 Å². The van der Waals surface area contributed by atoms with Crippen molar-refractivity contribution in [3.63, 3.8) is 0 Å². The van der Waals surface area contributed by atoms with Crippen LogP contribution in [0.3, 0.4) is 0 Å². The van der Waals surface area contributed by atoms with Gasteiger partial charge in [0, 0.05) is 44.3 Å². The molecule has 4 rings (SSSR count). The number of rotatable bonds is 4. The molecule has 1 fully saturated rings. The van der Waals surface area contributed by atoms with Crippen molar-refractivity contribution in [3.05, 3.63) is 58.6 Å². The Hall–Kier alpha value is -2.58. The van der Waals surface area contributed by atoms with Gasteiger partial charge in [0.25, 0.3) is 0 Å². The average molecular weight is 382 g/mol. The number of pyridine rings is 1. The second kappa shape index (κ2) is 7.58. The summed E-state index contributed by atoms with van der Waals surface area (Å²) in [5.41, 5.74) is 4.57. The normalized spacial score (nSPS) is 15.3. The summed E-state index contributed by atoms with van der Waals surface area (Å²) in [6.45, 7) is 8.68. The summed E-state index contributed by atoms with van der Waals surface area (Å²) < 4.78 is 4.16. The van der Waals surface area contributed by atoms with Crippen LogP contribution in [0, 0.1) is 18.6 Å². The minimum Gasteiger partial charge on any atom is -0.369 e. The lowest BCUT2D eigenvalue weighted by Crippen LogP contribution is -2.47. The zero-order valence-electron chi connectivity index (χ0n) is 15.6. The van der Waals surface area contributed by atoms with Crippen LogP contribution in [-0.4, -0.2) is 55.9 Å². The van der Waals surface area contributed by atoms with Crippen LogP contribution in [0.4, 0.5) is 5.69 Å². The van der Waals surface area contributed by atoms with E-state index in [4.69, 9.17) is 12.2 Å². The average Bonchev–Trinajstić information content (AvgIpc) is 3.03. The summed E-state index contributed by atoms with van der Waals surface area (Å²) in [5, 5.41) is 8.56. The van der Waals surface area contributed by atoms with E-state index in [-0.39, 0.29) is 0 Å². The quantitative estimate of drug-likeness (QED) is 0.648. The molecule has 0 saturated carbocycles. The SMILES string of the molecule is Cc1cc(C)cc(-n2nnn(CN3CCN(c4ccncc4)CC3)c2=S)c1. The lowest BCUT2D eigenvalue weighted by molar-refractivity contribution is 0.193.